The number of carbonyl (C=O) groups is 1. The van der Waals surface area contributed by atoms with Crippen LogP contribution in [0, 0.1) is 0 Å². The Bertz CT molecular complexity index is 990. The number of imidazole rings is 1. The Balaban J connectivity index is 1.90. The van der Waals surface area contributed by atoms with Crippen LogP contribution in [0.25, 0.3) is 11.2 Å². The highest BCUT2D eigenvalue weighted by Gasteiger charge is 2.31. The van der Waals surface area contributed by atoms with Crippen molar-refractivity contribution in [1.29, 1.82) is 0 Å². The molecule has 0 unspecified atom stereocenters. The van der Waals surface area contributed by atoms with Crippen LogP contribution in [-0.2, 0) is 21.5 Å². The molecule has 3 heterocycles. The van der Waals surface area contributed by atoms with E-state index < -0.39 is 10.2 Å². The summed E-state index contributed by atoms with van der Waals surface area (Å²) in [5, 5.41) is 6.42. The van der Waals surface area contributed by atoms with Gasteiger partial charge in [-0.1, -0.05) is 6.92 Å². The van der Waals surface area contributed by atoms with E-state index in [1.54, 1.807) is 6.33 Å². The molecule has 0 aromatic carbocycles. The molecule has 1 aliphatic rings. The molecule has 12 heteroatoms. The molecule has 2 aromatic rings. The first-order valence-electron chi connectivity index (χ1n) is 9.74. The number of anilines is 2. The molecule has 2 aromatic heterocycles. The van der Waals surface area contributed by atoms with Crippen molar-refractivity contribution in [1.82, 2.24) is 28.5 Å². The molecule has 1 aliphatic heterocycles. The van der Waals surface area contributed by atoms with Crippen molar-refractivity contribution in [2.24, 2.45) is 0 Å². The van der Waals surface area contributed by atoms with E-state index in [1.165, 1.54) is 18.3 Å². The van der Waals surface area contributed by atoms with Crippen molar-refractivity contribution in [3.8, 4) is 0 Å². The van der Waals surface area contributed by atoms with E-state index in [2.05, 4.69) is 30.3 Å². The Labute approximate surface area is 170 Å². The molecule has 3 N–H and O–H groups in total. The van der Waals surface area contributed by atoms with Gasteiger partial charge in [0.15, 0.2) is 22.8 Å². The summed E-state index contributed by atoms with van der Waals surface area (Å²) in [6.07, 6.45) is 2.96. The molecule has 0 spiro atoms. The highest BCUT2D eigenvalue weighted by atomic mass is 32.2. The van der Waals surface area contributed by atoms with Gasteiger partial charge in [-0.3, -0.25) is 4.79 Å². The quantitative estimate of drug-likeness (QED) is 0.532. The molecule has 160 valence electrons. The SMILES string of the molecule is CC[C@H](Nc1nc(N[C@H]2CCN(S(=O)(=O)NC)C2)c2ncn(CC)c2n1)C(C)=O. The summed E-state index contributed by atoms with van der Waals surface area (Å²) in [7, 11) is -2.06. The van der Waals surface area contributed by atoms with E-state index in [0.717, 1.165) is 0 Å². The van der Waals surface area contributed by atoms with Crippen molar-refractivity contribution in [2.75, 3.05) is 30.8 Å². The lowest BCUT2D eigenvalue weighted by Crippen LogP contribution is -2.38. The minimum atomic E-state index is -3.46. The molecule has 29 heavy (non-hydrogen) atoms. The topological polar surface area (TPSA) is 134 Å². The van der Waals surface area contributed by atoms with Gasteiger partial charge >= 0.3 is 0 Å². The zero-order valence-electron chi connectivity index (χ0n) is 17.1. The van der Waals surface area contributed by atoms with Crippen LogP contribution in [0.1, 0.15) is 33.6 Å². The highest BCUT2D eigenvalue weighted by molar-refractivity contribution is 7.87. The van der Waals surface area contributed by atoms with Crippen molar-refractivity contribution in [3.63, 3.8) is 0 Å². The molecule has 2 atom stereocenters. The van der Waals surface area contributed by atoms with Gasteiger partial charge in [0, 0.05) is 32.7 Å². The first-order valence-corrected chi connectivity index (χ1v) is 11.2. The molecule has 0 bridgehead atoms. The number of nitrogens with zero attached hydrogens (tertiary/aromatic N) is 5. The third kappa shape index (κ3) is 4.49. The number of hydrogen-bond donors (Lipinski definition) is 3. The average Bonchev–Trinajstić information content (AvgIpc) is 3.33. The zero-order chi connectivity index (χ0) is 21.2. The molecule has 0 radical (unpaired) electrons. The maximum atomic E-state index is 12.0. The number of aryl methyl sites for hydroxylation is 1. The number of carbonyl (C=O) groups excluding carboxylic acids is 1. The van der Waals surface area contributed by atoms with E-state index in [0.29, 0.717) is 55.4 Å². The third-order valence-electron chi connectivity index (χ3n) is 5.10. The predicted molar refractivity (Wildman–Crippen MR) is 111 cm³/mol. The Morgan fingerprint density at radius 2 is 2.10 bits per heavy atom. The summed E-state index contributed by atoms with van der Waals surface area (Å²) in [5.41, 5.74) is 1.27. The zero-order valence-corrected chi connectivity index (χ0v) is 18.0. The maximum Gasteiger partial charge on any atom is 0.279 e. The van der Waals surface area contributed by atoms with Crippen molar-refractivity contribution in [2.45, 2.75) is 52.2 Å². The lowest BCUT2D eigenvalue weighted by atomic mass is 10.1. The predicted octanol–water partition coefficient (Wildman–Crippen LogP) is 0.576. The molecule has 1 saturated heterocycles. The molecule has 11 nitrogen and oxygen atoms in total. The van der Waals surface area contributed by atoms with Gasteiger partial charge in [0.2, 0.25) is 5.95 Å². The summed E-state index contributed by atoms with van der Waals surface area (Å²) in [4.78, 5) is 25.3. The minimum absolute atomic E-state index is 0.0124. The van der Waals surface area contributed by atoms with Gasteiger partial charge in [0.25, 0.3) is 10.2 Å². The molecule has 3 rings (SSSR count). The van der Waals surface area contributed by atoms with Gasteiger partial charge in [-0.2, -0.15) is 22.7 Å². The maximum absolute atomic E-state index is 12.0. The lowest BCUT2D eigenvalue weighted by molar-refractivity contribution is -0.117. The number of rotatable bonds is 9. The van der Waals surface area contributed by atoms with Crippen LogP contribution in [0.3, 0.4) is 0 Å². The number of hydrogen-bond acceptors (Lipinski definition) is 8. The van der Waals surface area contributed by atoms with Crippen molar-refractivity contribution in [3.05, 3.63) is 6.33 Å². The number of Topliss-reactive ketones (excluding diaryl/α,β-unsaturated/α-hetero) is 1. The summed E-state index contributed by atoms with van der Waals surface area (Å²) in [5.74, 6) is 0.880. The Kier molecular flexibility index (Phi) is 6.34. The van der Waals surface area contributed by atoms with Gasteiger partial charge in [-0.05, 0) is 26.7 Å². The molecule has 0 amide bonds. The van der Waals surface area contributed by atoms with E-state index >= 15 is 0 Å². The average molecular weight is 425 g/mol. The number of fused-ring (bicyclic) bond motifs is 1. The van der Waals surface area contributed by atoms with Gasteiger partial charge < -0.3 is 15.2 Å². The van der Waals surface area contributed by atoms with E-state index in [9.17, 15) is 13.2 Å². The van der Waals surface area contributed by atoms with Crippen LogP contribution in [0.4, 0.5) is 11.8 Å². The molecular weight excluding hydrogens is 396 g/mol. The van der Waals surface area contributed by atoms with E-state index in [-0.39, 0.29) is 17.9 Å². The summed E-state index contributed by atoms with van der Waals surface area (Å²) >= 11 is 0. The van der Waals surface area contributed by atoms with Crippen LogP contribution in [0.5, 0.6) is 0 Å². The fraction of sp³-hybridized carbons (Fsp3) is 0.647. The van der Waals surface area contributed by atoms with Crippen LogP contribution in [0.2, 0.25) is 0 Å². The van der Waals surface area contributed by atoms with Gasteiger partial charge in [-0.15, -0.1) is 0 Å². The van der Waals surface area contributed by atoms with E-state index in [1.807, 2.05) is 18.4 Å². The van der Waals surface area contributed by atoms with Crippen molar-refractivity contribution < 1.29 is 13.2 Å². The standard InChI is InChI=1S/C17H28N8O3S/c1-5-13(11(3)26)21-17-22-15(14-16(23-17)24(6-2)10-19-14)20-12-7-8-25(9-12)29(27,28)18-4/h10,12-13,18H,5-9H2,1-4H3,(H2,20,21,22,23)/t12-,13-/m0/s1. The normalized spacial score (nSPS) is 18.8. The largest absolute Gasteiger partial charge is 0.364 e. The minimum Gasteiger partial charge on any atom is -0.364 e. The smallest absolute Gasteiger partial charge is 0.279 e. The first kappa shape index (κ1) is 21.4. The van der Waals surface area contributed by atoms with Crippen LogP contribution in [-0.4, -0.2) is 70.2 Å². The number of nitrogens with one attached hydrogen (secondary N) is 3. The van der Waals surface area contributed by atoms with Crippen molar-refractivity contribution >= 4 is 38.9 Å². The summed E-state index contributed by atoms with van der Waals surface area (Å²) in [6.45, 7) is 6.88. The van der Waals surface area contributed by atoms with E-state index in [4.69, 9.17) is 0 Å². The Morgan fingerprint density at radius 1 is 1.34 bits per heavy atom. The van der Waals surface area contributed by atoms with Gasteiger partial charge in [0.05, 0.1) is 12.4 Å². The number of aromatic nitrogens is 4. The molecular formula is C17H28N8O3S. The molecule has 0 aliphatic carbocycles. The van der Waals surface area contributed by atoms with Crippen LogP contribution < -0.4 is 15.4 Å². The first-order chi connectivity index (χ1) is 13.8. The Hall–Kier alpha value is -2.31. The summed E-state index contributed by atoms with van der Waals surface area (Å²) < 4.78 is 29.7. The van der Waals surface area contributed by atoms with Crippen LogP contribution in [0.15, 0.2) is 6.33 Å². The molecule has 1 fully saturated rings. The van der Waals surface area contributed by atoms with Crippen LogP contribution >= 0.6 is 0 Å². The summed E-state index contributed by atoms with van der Waals surface area (Å²) in [6, 6.07) is -0.480. The lowest BCUT2D eigenvalue weighted by Gasteiger charge is -2.18. The second-order valence-corrected chi connectivity index (χ2v) is 8.89. The monoisotopic (exact) mass is 424 g/mol. The second kappa shape index (κ2) is 8.59. The Morgan fingerprint density at radius 3 is 2.72 bits per heavy atom. The van der Waals surface area contributed by atoms with Gasteiger partial charge in [0.1, 0.15) is 0 Å². The fourth-order valence-electron chi connectivity index (χ4n) is 3.37. The molecule has 0 saturated carbocycles. The number of ketones is 1. The third-order valence-corrected chi connectivity index (χ3v) is 6.62. The highest BCUT2D eigenvalue weighted by Crippen LogP contribution is 2.24. The van der Waals surface area contributed by atoms with Gasteiger partial charge in [-0.25, -0.2) is 9.71 Å². The fourth-order valence-corrected chi connectivity index (χ4v) is 4.35. The second-order valence-electron chi connectivity index (χ2n) is 7.01.